The molecule has 0 atom stereocenters. The second-order valence-electron chi connectivity index (χ2n) is 5.91. The molecule has 1 aliphatic rings. The van der Waals surface area contributed by atoms with Crippen LogP contribution in [0.1, 0.15) is 15.4 Å². The number of nitrogens with one attached hydrogen (secondary N) is 2. The van der Waals surface area contributed by atoms with E-state index in [4.69, 9.17) is 4.74 Å². The molecule has 1 fully saturated rings. The van der Waals surface area contributed by atoms with E-state index >= 15 is 0 Å². The third-order valence-corrected chi connectivity index (χ3v) is 4.99. The highest BCUT2D eigenvalue weighted by Gasteiger charge is 2.10. The van der Waals surface area contributed by atoms with E-state index in [1.165, 1.54) is 16.1 Å². The summed E-state index contributed by atoms with van der Waals surface area (Å²) in [4.78, 5) is 12.2. The highest BCUT2D eigenvalue weighted by Crippen LogP contribution is 2.16. The van der Waals surface area contributed by atoms with Crippen LogP contribution in [0.4, 0.5) is 5.69 Å². The van der Waals surface area contributed by atoms with E-state index in [1.807, 2.05) is 6.20 Å². The van der Waals surface area contributed by atoms with E-state index in [-0.39, 0.29) is 24.0 Å². The summed E-state index contributed by atoms with van der Waals surface area (Å²) in [6.07, 6.45) is 1.90. The summed E-state index contributed by atoms with van der Waals surface area (Å²) in [5.41, 5.74) is 2.48. The molecule has 0 aliphatic carbocycles. The number of ether oxygens (including phenoxy) is 1. The Morgan fingerprint density at radius 1 is 1.19 bits per heavy atom. The van der Waals surface area contributed by atoms with Crippen molar-refractivity contribution < 1.29 is 4.74 Å². The Bertz CT molecular complexity index is 698. The molecule has 1 aromatic heterocycles. The van der Waals surface area contributed by atoms with Crippen LogP contribution in [0.2, 0.25) is 0 Å². The normalized spacial score (nSPS) is 14.7. The summed E-state index contributed by atoms with van der Waals surface area (Å²) in [6, 6.07) is 8.68. The van der Waals surface area contributed by atoms with Gasteiger partial charge in [0, 0.05) is 43.4 Å². The number of aryl methyl sites for hydroxylation is 1. The molecule has 0 bridgehead atoms. The molecule has 26 heavy (non-hydrogen) atoms. The van der Waals surface area contributed by atoms with Gasteiger partial charge in [-0.15, -0.1) is 35.3 Å². The van der Waals surface area contributed by atoms with Crippen LogP contribution in [-0.2, 0) is 17.8 Å². The Labute approximate surface area is 176 Å². The van der Waals surface area contributed by atoms with Crippen LogP contribution >= 0.6 is 35.3 Å². The quantitative estimate of drug-likeness (QED) is 0.386. The second kappa shape index (κ2) is 10.7. The number of rotatable bonds is 5. The van der Waals surface area contributed by atoms with Crippen molar-refractivity contribution >= 4 is 47.0 Å². The van der Waals surface area contributed by atoms with Crippen molar-refractivity contribution in [3.63, 3.8) is 0 Å². The number of guanidine groups is 1. The number of benzene rings is 1. The maximum Gasteiger partial charge on any atom is 0.191 e. The first-order chi connectivity index (χ1) is 12.2. The van der Waals surface area contributed by atoms with Gasteiger partial charge in [-0.1, -0.05) is 12.1 Å². The maximum atomic E-state index is 5.40. The maximum absolute atomic E-state index is 5.40. The van der Waals surface area contributed by atoms with Gasteiger partial charge in [0.15, 0.2) is 5.96 Å². The van der Waals surface area contributed by atoms with Crippen LogP contribution in [0.25, 0.3) is 0 Å². The Morgan fingerprint density at radius 2 is 1.88 bits per heavy atom. The van der Waals surface area contributed by atoms with E-state index in [0.29, 0.717) is 6.54 Å². The predicted octanol–water partition coefficient (Wildman–Crippen LogP) is 2.77. The third-order valence-electron chi connectivity index (χ3n) is 4.07. The van der Waals surface area contributed by atoms with Gasteiger partial charge < -0.3 is 20.3 Å². The van der Waals surface area contributed by atoms with Gasteiger partial charge in [-0.2, -0.15) is 0 Å². The fourth-order valence-electron chi connectivity index (χ4n) is 2.70. The molecule has 0 unspecified atom stereocenters. The number of aromatic nitrogens is 1. The molecule has 2 N–H and O–H groups in total. The topological polar surface area (TPSA) is 61.8 Å². The predicted molar refractivity (Wildman–Crippen MR) is 119 cm³/mol. The number of halogens is 1. The summed E-state index contributed by atoms with van der Waals surface area (Å²) in [5.74, 6) is 0.783. The minimum Gasteiger partial charge on any atom is -0.378 e. The first-order valence-corrected chi connectivity index (χ1v) is 9.34. The number of anilines is 1. The number of thiazole rings is 1. The van der Waals surface area contributed by atoms with Gasteiger partial charge in [0.05, 0.1) is 19.8 Å². The molecule has 3 rings (SSSR count). The van der Waals surface area contributed by atoms with E-state index in [1.54, 1.807) is 18.4 Å². The molecule has 2 heterocycles. The highest BCUT2D eigenvalue weighted by molar-refractivity contribution is 14.0. The Kier molecular flexibility index (Phi) is 8.60. The molecule has 2 aromatic rings. The third kappa shape index (κ3) is 6.10. The van der Waals surface area contributed by atoms with Crippen molar-refractivity contribution in [2.45, 2.75) is 20.0 Å². The minimum absolute atomic E-state index is 0. The molecule has 1 aliphatic heterocycles. The van der Waals surface area contributed by atoms with Crippen LogP contribution in [-0.4, -0.2) is 44.3 Å². The van der Waals surface area contributed by atoms with Crippen LogP contribution < -0.4 is 15.5 Å². The van der Waals surface area contributed by atoms with Crippen molar-refractivity contribution in [1.29, 1.82) is 0 Å². The van der Waals surface area contributed by atoms with Gasteiger partial charge in [0.1, 0.15) is 5.01 Å². The summed E-state index contributed by atoms with van der Waals surface area (Å²) in [7, 11) is 1.78. The molecule has 1 saturated heterocycles. The lowest BCUT2D eigenvalue weighted by molar-refractivity contribution is 0.122. The van der Waals surface area contributed by atoms with Gasteiger partial charge in [0.2, 0.25) is 0 Å². The zero-order valence-electron chi connectivity index (χ0n) is 15.2. The largest absolute Gasteiger partial charge is 0.378 e. The molecule has 0 spiro atoms. The molecule has 0 radical (unpaired) electrons. The molecular weight excluding hydrogens is 461 g/mol. The first kappa shape index (κ1) is 20.9. The summed E-state index contributed by atoms with van der Waals surface area (Å²) in [5, 5.41) is 7.71. The van der Waals surface area contributed by atoms with E-state index in [2.05, 4.69) is 56.7 Å². The SMILES string of the molecule is CN=C(NCc1ccc(N2CCOCC2)cc1)NCc1ncc(C)s1.I. The standard InChI is InChI=1S/C18H25N5OS.HI/c1-14-11-20-17(25-14)13-22-18(19-2)21-12-15-3-5-16(6-4-15)23-7-9-24-10-8-23;/h3-6,11H,7-10,12-13H2,1-2H3,(H2,19,21,22);1H. The zero-order chi connectivity index (χ0) is 17.5. The van der Waals surface area contributed by atoms with Crippen LogP contribution in [0, 0.1) is 6.92 Å². The van der Waals surface area contributed by atoms with Crippen molar-refractivity contribution in [2.75, 3.05) is 38.3 Å². The van der Waals surface area contributed by atoms with Crippen molar-refractivity contribution in [3.8, 4) is 0 Å². The second-order valence-corrected chi connectivity index (χ2v) is 7.23. The van der Waals surface area contributed by atoms with Gasteiger partial charge in [0.25, 0.3) is 0 Å². The van der Waals surface area contributed by atoms with E-state index in [9.17, 15) is 0 Å². The van der Waals surface area contributed by atoms with Crippen LogP contribution in [0.5, 0.6) is 0 Å². The molecule has 6 nitrogen and oxygen atoms in total. The fraction of sp³-hybridized carbons (Fsp3) is 0.444. The molecule has 8 heteroatoms. The number of nitrogens with zero attached hydrogens (tertiary/aromatic N) is 3. The summed E-state index contributed by atoms with van der Waals surface area (Å²) < 4.78 is 5.40. The lowest BCUT2D eigenvalue weighted by Gasteiger charge is -2.28. The van der Waals surface area contributed by atoms with Gasteiger partial charge in [-0.3, -0.25) is 4.99 Å². The summed E-state index contributed by atoms with van der Waals surface area (Å²) >= 11 is 1.70. The van der Waals surface area contributed by atoms with Crippen LogP contribution in [0.3, 0.4) is 0 Å². The first-order valence-electron chi connectivity index (χ1n) is 8.52. The van der Waals surface area contributed by atoms with E-state index < -0.39 is 0 Å². The monoisotopic (exact) mass is 487 g/mol. The zero-order valence-corrected chi connectivity index (χ0v) is 18.3. The Morgan fingerprint density at radius 3 is 2.50 bits per heavy atom. The Hall–Kier alpha value is -1.39. The number of morpholine rings is 1. The summed E-state index contributed by atoms with van der Waals surface area (Å²) in [6.45, 7) is 7.03. The van der Waals surface area contributed by atoms with Crippen molar-refractivity contribution in [2.24, 2.45) is 4.99 Å². The smallest absolute Gasteiger partial charge is 0.191 e. The number of aliphatic imine (C=N–C) groups is 1. The number of hydrogen-bond donors (Lipinski definition) is 2. The molecule has 142 valence electrons. The number of hydrogen-bond acceptors (Lipinski definition) is 5. The average Bonchev–Trinajstić information content (AvgIpc) is 3.08. The molecule has 0 amide bonds. The van der Waals surface area contributed by atoms with Crippen molar-refractivity contribution in [1.82, 2.24) is 15.6 Å². The van der Waals surface area contributed by atoms with Gasteiger partial charge >= 0.3 is 0 Å². The lowest BCUT2D eigenvalue weighted by Crippen LogP contribution is -2.36. The lowest BCUT2D eigenvalue weighted by atomic mass is 10.2. The molecule has 0 saturated carbocycles. The molecular formula is C18H26IN5OS. The van der Waals surface area contributed by atoms with Crippen LogP contribution in [0.15, 0.2) is 35.5 Å². The van der Waals surface area contributed by atoms with Crippen molar-refractivity contribution in [3.05, 3.63) is 45.9 Å². The molecule has 1 aromatic carbocycles. The Balaban J connectivity index is 0.00000243. The minimum atomic E-state index is 0. The highest BCUT2D eigenvalue weighted by atomic mass is 127. The van der Waals surface area contributed by atoms with Gasteiger partial charge in [-0.25, -0.2) is 4.98 Å². The average molecular weight is 487 g/mol. The van der Waals surface area contributed by atoms with E-state index in [0.717, 1.165) is 43.8 Å². The van der Waals surface area contributed by atoms with Gasteiger partial charge in [-0.05, 0) is 24.6 Å². The fourth-order valence-corrected chi connectivity index (χ4v) is 3.42.